The van der Waals surface area contributed by atoms with Crippen molar-refractivity contribution in [3.8, 4) is 5.19 Å². The zero-order valence-corrected chi connectivity index (χ0v) is 9.83. The molecule has 1 atom stereocenters. The molecule has 2 aliphatic rings. The summed E-state index contributed by atoms with van der Waals surface area (Å²) in [7, 11) is 0. The van der Waals surface area contributed by atoms with E-state index in [1.807, 2.05) is 0 Å². The minimum atomic E-state index is 0.0562. The standard InChI is InChI=1S/C10H15N3O2S/c1-3-11-4-2-10(1)5-8(6-14-10)15-9-13-12-7-16-9/h7-8,11H,1-6H2. The van der Waals surface area contributed by atoms with Crippen LogP contribution in [0.4, 0.5) is 0 Å². The molecular formula is C10H15N3O2S. The summed E-state index contributed by atoms with van der Waals surface area (Å²) in [4.78, 5) is 0. The van der Waals surface area contributed by atoms with E-state index in [-0.39, 0.29) is 11.7 Å². The summed E-state index contributed by atoms with van der Waals surface area (Å²) in [5, 5.41) is 11.7. The predicted octanol–water partition coefficient (Wildman–Crippen LogP) is 0.828. The van der Waals surface area contributed by atoms with Crippen molar-refractivity contribution >= 4 is 11.3 Å². The SMILES string of the molecule is c1nnc(OC2COC3(CCNCC3)C2)s1. The third-order valence-corrected chi connectivity index (χ3v) is 3.88. The fourth-order valence-corrected chi connectivity index (χ4v) is 2.94. The Hall–Kier alpha value is -0.720. The molecule has 0 bridgehead atoms. The lowest BCUT2D eigenvalue weighted by Gasteiger charge is -2.32. The van der Waals surface area contributed by atoms with Gasteiger partial charge < -0.3 is 14.8 Å². The fourth-order valence-electron chi connectivity index (χ4n) is 2.47. The van der Waals surface area contributed by atoms with Gasteiger partial charge in [0, 0.05) is 6.42 Å². The van der Waals surface area contributed by atoms with Gasteiger partial charge in [0.15, 0.2) is 0 Å². The van der Waals surface area contributed by atoms with Gasteiger partial charge in [-0.2, -0.15) is 0 Å². The maximum Gasteiger partial charge on any atom is 0.294 e. The first kappa shape index (κ1) is 10.4. The van der Waals surface area contributed by atoms with E-state index < -0.39 is 0 Å². The van der Waals surface area contributed by atoms with E-state index in [0.29, 0.717) is 11.8 Å². The summed E-state index contributed by atoms with van der Waals surface area (Å²) in [6.07, 6.45) is 3.30. The number of nitrogens with one attached hydrogen (secondary N) is 1. The molecule has 16 heavy (non-hydrogen) atoms. The molecular weight excluding hydrogens is 226 g/mol. The van der Waals surface area contributed by atoms with Crippen LogP contribution in [0.5, 0.6) is 5.19 Å². The highest BCUT2D eigenvalue weighted by Gasteiger charge is 2.42. The predicted molar refractivity (Wildman–Crippen MR) is 59.7 cm³/mol. The summed E-state index contributed by atoms with van der Waals surface area (Å²) in [5.74, 6) is 0. The lowest BCUT2D eigenvalue weighted by Crippen LogP contribution is -2.41. The van der Waals surface area contributed by atoms with E-state index in [9.17, 15) is 0 Å². The Bertz CT molecular complexity index is 338. The van der Waals surface area contributed by atoms with Gasteiger partial charge in [0.25, 0.3) is 5.19 Å². The lowest BCUT2D eigenvalue weighted by atomic mass is 9.89. The first-order chi connectivity index (χ1) is 7.86. The molecule has 1 aromatic rings. The average Bonchev–Trinajstić information content (AvgIpc) is 2.92. The van der Waals surface area contributed by atoms with E-state index in [2.05, 4.69) is 15.5 Å². The highest BCUT2D eigenvalue weighted by molar-refractivity contribution is 7.11. The van der Waals surface area contributed by atoms with Gasteiger partial charge in [0.05, 0.1) is 12.2 Å². The number of hydrogen-bond acceptors (Lipinski definition) is 6. The van der Waals surface area contributed by atoms with Gasteiger partial charge in [-0.05, 0) is 25.9 Å². The van der Waals surface area contributed by atoms with Crippen molar-refractivity contribution in [2.75, 3.05) is 19.7 Å². The zero-order chi connectivity index (χ0) is 10.8. The zero-order valence-electron chi connectivity index (χ0n) is 9.02. The van der Waals surface area contributed by atoms with Crippen LogP contribution >= 0.6 is 11.3 Å². The fraction of sp³-hybridized carbons (Fsp3) is 0.800. The summed E-state index contributed by atoms with van der Waals surface area (Å²) in [6.45, 7) is 2.77. The average molecular weight is 241 g/mol. The van der Waals surface area contributed by atoms with E-state index in [0.717, 1.165) is 32.4 Å². The molecule has 0 aliphatic carbocycles. The first-order valence-corrected chi connectivity index (χ1v) is 6.52. The summed E-state index contributed by atoms with van der Waals surface area (Å²) in [6, 6.07) is 0. The van der Waals surface area contributed by atoms with Gasteiger partial charge in [0.2, 0.25) is 0 Å². The topological polar surface area (TPSA) is 56.3 Å². The molecule has 0 radical (unpaired) electrons. The maximum absolute atomic E-state index is 5.93. The maximum atomic E-state index is 5.93. The Morgan fingerprint density at radius 2 is 2.38 bits per heavy atom. The molecule has 0 saturated carbocycles. The quantitative estimate of drug-likeness (QED) is 0.831. The molecule has 2 saturated heterocycles. The third kappa shape index (κ3) is 2.05. The van der Waals surface area contributed by atoms with Crippen molar-refractivity contribution in [2.45, 2.75) is 31.0 Å². The largest absolute Gasteiger partial charge is 0.463 e. The van der Waals surface area contributed by atoms with Crippen molar-refractivity contribution < 1.29 is 9.47 Å². The Kier molecular flexibility index (Phi) is 2.79. The van der Waals surface area contributed by atoms with Crippen LogP contribution in [0.15, 0.2) is 5.51 Å². The molecule has 1 N–H and O–H groups in total. The normalized spacial score (nSPS) is 28.4. The van der Waals surface area contributed by atoms with Crippen molar-refractivity contribution in [2.24, 2.45) is 0 Å². The number of piperidine rings is 1. The van der Waals surface area contributed by atoms with E-state index >= 15 is 0 Å². The number of aromatic nitrogens is 2. The molecule has 2 fully saturated rings. The van der Waals surface area contributed by atoms with Gasteiger partial charge in [-0.1, -0.05) is 11.3 Å². The van der Waals surface area contributed by atoms with Gasteiger partial charge in [-0.25, -0.2) is 0 Å². The minimum absolute atomic E-state index is 0.0562. The van der Waals surface area contributed by atoms with Crippen LogP contribution in [0.25, 0.3) is 0 Å². The van der Waals surface area contributed by atoms with Gasteiger partial charge >= 0.3 is 0 Å². The molecule has 5 nitrogen and oxygen atoms in total. The molecule has 1 aromatic heterocycles. The van der Waals surface area contributed by atoms with E-state index in [1.54, 1.807) is 5.51 Å². The second-order valence-corrected chi connectivity index (χ2v) is 5.19. The highest BCUT2D eigenvalue weighted by atomic mass is 32.1. The monoisotopic (exact) mass is 241 g/mol. The first-order valence-electron chi connectivity index (χ1n) is 5.64. The van der Waals surface area contributed by atoms with Crippen LogP contribution in [0, 0.1) is 0 Å². The van der Waals surface area contributed by atoms with Crippen LogP contribution in [0.2, 0.25) is 0 Å². The van der Waals surface area contributed by atoms with Crippen LogP contribution < -0.4 is 10.1 Å². The van der Waals surface area contributed by atoms with Gasteiger partial charge in [-0.3, -0.25) is 0 Å². The molecule has 2 aliphatic heterocycles. The molecule has 3 rings (SSSR count). The van der Waals surface area contributed by atoms with Crippen LogP contribution in [0.1, 0.15) is 19.3 Å². The molecule has 1 spiro atoms. The Morgan fingerprint density at radius 3 is 3.12 bits per heavy atom. The summed E-state index contributed by atoms with van der Waals surface area (Å²) in [5.41, 5.74) is 1.74. The minimum Gasteiger partial charge on any atom is -0.463 e. The Morgan fingerprint density at radius 1 is 1.50 bits per heavy atom. The van der Waals surface area contributed by atoms with Crippen molar-refractivity contribution in [3.05, 3.63) is 5.51 Å². The molecule has 0 aromatic carbocycles. The molecule has 6 heteroatoms. The molecule has 88 valence electrons. The highest BCUT2D eigenvalue weighted by Crippen LogP contribution is 2.35. The lowest BCUT2D eigenvalue weighted by molar-refractivity contribution is -0.0205. The van der Waals surface area contributed by atoms with Crippen LogP contribution in [-0.4, -0.2) is 41.6 Å². The van der Waals surface area contributed by atoms with Crippen LogP contribution in [0.3, 0.4) is 0 Å². The summed E-state index contributed by atoms with van der Waals surface area (Å²) >= 11 is 1.43. The number of hydrogen-bond donors (Lipinski definition) is 1. The van der Waals surface area contributed by atoms with Crippen molar-refractivity contribution in [1.82, 2.24) is 15.5 Å². The van der Waals surface area contributed by atoms with E-state index in [1.165, 1.54) is 11.3 Å². The molecule has 0 amide bonds. The Balaban J connectivity index is 1.60. The molecule has 3 heterocycles. The van der Waals surface area contributed by atoms with E-state index in [4.69, 9.17) is 9.47 Å². The third-order valence-electron chi connectivity index (χ3n) is 3.30. The van der Waals surface area contributed by atoms with Crippen LogP contribution in [-0.2, 0) is 4.74 Å². The second kappa shape index (κ2) is 4.27. The number of nitrogens with zero attached hydrogens (tertiary/aromatic N) is 2. The summed E-state index contributed by atoms with van der Waals surface area (Å²) < 4.78 is 11.7. The second-order valence-electron chi connectivity index (χ2n) is 4.39. The molecule has 1 unspecified atom stereocenters. The Labute approximate surface area is 98.2 Å². The van der Waals surface area contributed by atoms with Gasteiger partial charge in [0.1, 0.15) is 11.6 Å². The smallest absolute Gasteiger partial charge is 0.294 e. The van der Waals surface area contributed by atoms with Gasteiger partial charge in [-0.15, -0.1) is 10.2 Å². The number of ether oxygens (including phenoxy) is 2. The van der Waals surface area contributed by atoms with Crippen molar-refractivity contribution in [3.63, 3.8) is 0 Å². The van der Waals surface area contributed by atoms with Crippen molar-refractivity contribution in [1.29, 1.82) is 0 Å². The number of rotatable bonds is 2.